The molecule has 21 heavy (non-hydrogen) atoms. The summed E-state index contributed by atoms with van der Waals surface area (Å²) in [4.78, 5) is 24.4. The van der Waals surface area contributed by atoms with Crippen LogP contribution in [0.4, 0.5) is 13.2 Å². The summed E-state index contributed by atoms with van der Waals surface area (Å²) in [5.41, 5.74) is -0.339. The molecule has 0 aliphatic carbocycles. The van der Waals surface area contributed by atoms with Crippen molar-refractivity contribution in [3.05, 3.63) is 58.0 Å². The molecule has 0 atom stereocenters. The number of carbonyl (C=O) groups is 1. The quantitative estimate of drug-likeness (QED) is 0.915. The first-order valence-electron chi connectivity index (χ1n) is 5.89. The number of aromatic amines is 1. The molecule has 1 heterocycles. The molecule has 0 aliphatic heterocycles. The Morgan fingerprint density at radius 3 is 2.24 bits per heavy atom. The summed E-state index contributed by atoms with van der Waals surface area (Å²) in [7, 11) is 0. The molecule has 1 aromatic heterocycles. The smallest absolute Gasteiger partial charge is 0.416 e. The first-order valence-corrected chi connectivity index (χ1v) is 5.89. The number of aliphatic carboxylic acids is 1. The summed E-state index contributed by atoms with van der Waals surface area (Å²) < 4.78 is 37.5. The monoisotopic (exact) mass is 297 g/mol. The maximum atomic E-state index is 12.5. The molecule has 0 unspecified atom stereocenters. The van der Waals surface area contributed by atoms with E-state index in [0.29, 0.717) is 11.1 Å². The molecule has 0 aliphatic rings. The second-order valence-corrected chi connectivity index (χ2v) is 4.36. The van der Waals surface area contributed by atoms with E-state index >= 15 is 0 Å². The molecular formula is C14H10F3NO3. The SMILES string of the molecule is O=C(O)Cc1[nH]c(=O)ccc1-c1ccc(C(F)(F)F)cc1. The van der Waals surface area contributed by atoms with Crippen LogP contribution in [-0.2, 0) is 17.4 Å². The van der Waals surface area contributed by atoms with E-state index in [1.807, 2.05) is 0 Å². The van der Waals surface area contributed by atoms with E-state index < -0.39 is 29.7 Å². The molecule has 0 saturated heterocycles. The lowest BCUT2D eigenvalue weighted by atomic mass is 10.0. The molecular weight excluding hydrogens is 287 g/mol. The summed E-state index contributed by atoms with van der Waals surface area (Å²) in [5, 5.41) is 8.81. The highest BCUT2D eigenvalue weighted by Gasteiger charge is 2.30. The lowest BCUT2D eigenvalue weighted by molar-refractivity contribution is -0.138. The van der Waals surface area contributed by atoms with Crippen molar-refractivity contribution in [2.45, 2.75) is 12.6 Å². The number of halogens is 3. The first kappa shape index (κ1) is 14.8. The second kappa shape index (κ2) is 5.43. The van der Waals surface area contributed by atoms with Crippen LogP contribution in [0.2, 0.25) is 0 Å². The highest BCUT2D eigenvalue weighted by molar-refractivity contribution is 5.75. The minimum atomic E-state index is -4.44. The zero-order chi connectivity index (χ0) is 15.6. The van der Waals surface area contributed by atoms with Gasteiger partial charge in [0.25, 0.3) is 0 Å². The van der Waals surface area contributed by atoms with Crippen LogP contribution < -0.4 is 5.56 Å². The van der Waals surface area contributed by atoms with E-state index in [1.54, 1.807) is 0 Å². The minimum Gasteiger partial charge on any atom is -0.481 e. The van der Waals surface area contributed by atoms with Gasteiger partial charge in [-0.1, -0.05) is 12.1 Å². The molecule has 2 aromatic rings. The van der Waals surface area contributed by atoms with E-state index in [9.17, 15) is 22.8 Å². The number of H-pyrrole nitrogens is 1. The van der Waals surface area contributed by atoms with Crippen molar-refractivity contribution >= 4 is 5.97 Å². The standard InChI is InChI=1S/C14H10F3NO3/c15-14(16,17)9-3-1-8(2-4-9)10-5-6-12(19)18-11(10)7-13(20)21/h1-6H,7H2,(H,18,19)(H,20,21). The molecule has 0 saturated carbocycles. The largest absolute Gasteiger partial charge is 0.481 e. The van der Waals surface area contributed by atoms with Gasteiger partial charge in [0.15, 0.2) is 0 Å². The summed E-state index contributed by atoms with van der Waals surface area (Å²) in [6, 6.07) is 6.87. The number of benzene rings is 1. The van der Waals surface area contributed by atoms with Crippen molar-refractivity contribution in [3.63, 3.8) is 0 Å². The fraction of sp³-hybridized carbons (Fsp3) is 0.143. The normalized spacial score (nSPS) is 11.4. The van der Waals surface area contributed by atoms with Crippen LogP contribution >= 0.6 is 0 Å². The molecule has 110 valence electrons. The number of hydrogen-bond donors (Lipinski definition) is 2. The van der Waals surface area contributed by atoms with Crippen molar-refractivity contribution in [1.82, 2.24) is 4.98 Å². The van der Waals surface area contributed by atoms with Crippen LogP contribution in [0.1, 0.15) is 11.3 Å². The third-order valence-electron chi connectivity index (χ3n) is 2.85. The molecule has 1 aromatic carbocycles. The second-order valence-electron chi connectivity index (χ2n) is 4.36. The van der Waals surface area contributed by atoms with Crippen LogP contribution in [0.5, 0.6) is 0 Å². The van der Waals surface area contributed by atoms with Gasteiger partial charge in [-0.2, -0.15) is 13.2 Å². The first-order chi connectivity index (χ1) is 9.77. The number of carboxylic acids is 1. The Morgan fingerprint density at radius 2 is 1.71 bits per heavy atom. The van der Waals surface area contributed by atoms with Gasteiger partial charge in [-0.25, -0.2) is 0 Å². The Bertz CT molecular complexity index is 717. The van der Waals surface area contributed by atoms with Crippen LogP contribution in [0.25, 0.3) is 11.1 Å². The van der Waals surface area contributed by atoms with Gasteiger partial charge in [-0.05, 0) is 23.8 Å². The zero-order valence-corrected chi connectivity index (χ0v) is 10.6. The number of pyridine rings is 1. The third kappa shape index (κ3) is 3.50. The van der Waals surface area contributed by atoms with Crippen molar-refractivity contribution in [2.75, 3.05) is 0 Å². The van der Waals surface area contributed by atoms with Gasteiger partial charge in [0, 0.05) is 17.3 Å². The topological polar surface area (TPSA) is 70.2 Å². The van der Waals surface area contributed by atoms with E-state index in [1.165, 1.54) is 24.3 Å². The average molecular weight is 297 g/mol. The predicted octanol–water partition coefficient (Wildman–Crippen LogP) is 2.69. The molecule has 4 nitrogen and oxygen atoms in total. The summed E-state index contributed by atoms with van der Waals surface area (Å²) in [6.45, 7) is 0. The molecule has 0 fully saturated rings. The van der Waals surface area contributed by atoms with Gasteiger partial charge in [0.05, 0.1) is 12.0 Å². The number of carboxylic acid groups (broad SMARTS) is 1. The predicted molar refractivity (Wildman–Crippen MR) is 68.8 cm³/mol. The van der Waals surface area contributed by atoms with Gasteiger partial charge in [0.1, 0.15) is 0 Å². The Morgan fingerprint density at radius 1 is 1.10 bits per heavy atom. The summed E-state index contributed by atoms with van der Waals surface area (Å²) in [6.07, 6.45) is -4.86. The van der Waals surface area contributed by atoms with Crippen LogP contribution in [-0.4, -0.2) is 16.1 Å². The zero-order valence-electron chi connectivity index (χ0n) is 10.6. The highest BCUT2D eigenvalue weighted by Crippen LogP contribution is 2.31. The van der Waals surface area contributed by atoms with Crippen molar-refractivity contribution < 1.29 is 23.1 Å². The van der Waals surface area contributed by atoms with Crippen LogP contribution in [0, 0.1) is 0 Å². The molecule has 2 N–H and O–H groups in total. The van der Waals surface area contributed by atoms with Gasteiger partial charge >= 0.3 is 12.1 Å². The van der Waals surface area contributed by atoms with Crippen molar-refractivity contribution in [3.8, 4) is 11.1 Å². The van der Waals surface area contributed by atoms with Crippen molar-refractivity contribution in [2.24, 2.45) is 0 Å². The van der Waals surface area contributed by atoms with Gasteiger partial charge in [-0.15, -0.1) is 0 Å². The summed E-state index contributed by atoms with van der Waals surface area (Å²) in [5.74, 6) is -1.15. The molecule has 0 bridgehead atoms. The minimum absolute atomic E-state index is 0.148. The lowest BCUT2D eigenvalue weighted by Crippen LogP contribution is -2.12. The molecule has 0 radical (unpaired) electrons. The Hall–Kier alpha value is -2.57. The molecule has 2 rings (SSSR count). The lowest BCUT2D eigenvalue weighted by Gasteiger charge is -2.10. The van der Waals surface area contributed by atoms with E-state index in [-0.39, 0.29) is 5.69 Å². The number of alkyl halides is 3. The summed E-state index contributed by atoms with van der Waals surface area (Å²) >= 11 is 0. The highest BCUT2D eigenvalue weighted by atomic mass is 19.4. The maximum Gasteiger partial charge on any atom is 0.416 e. The van der Waals surface area contributed by atoms with Gasteiger partial charge in [0.2, 0.25) is 5.56 Å². The molecule has 0 amide bonds. The fourth-order valence-electron chi connectivity index (χ4n) is 1.92. The van der Waals surface area contributed by atoms with Crippen LogP contribution in [0.3, 0.4) is 0 Å². The number of rotatable bonds is 3. The number of nitrogens with one attached hydrogen (secondary N) is 1. The van der Waals surface area contributed by atoms with Crippen molar-refractivity contribution in [1.29, 1.82) is 0 Å². The average Bonchev–Trinajstić information content (AvgIpc) is 2.37. The fourth-order valence-corrected chi connectivity index (χ4v) is 1.92. The Kier molecular flexibility index (Phi) is 3.84. The van der Waals surface area contributed by atoms with Crippen LogP contribution in [0.15, 0.2) is 41.2 Å². The number of hydrogen-bond acceptors (Lipinski definition) is 2. The Balaban J connectivity index is 2.46. The third-order valence-corrected chi connectivity index (χ3v) is 2.85. The number of aromatic nitrogens is 1. The molecule has 7 heteroatoms. The van der Waals surface area contributed by atoms with E-state index in [0.717, 1.165) is 12.1 Å². The Labute approximate surface area is 116 Å². The van der Waals surface area contributed by atoms with Gasteiger partial charge < -0.3 is 10.1 Å². The van der Waals surface area contributed by atoms with E-state index in [2.05, 4.69) is 4.98 Å². The maximum absolute atomic E-state index is 12.5. The molecule has 0 spiro atoms. The van der Waals surface area contributed by atoms with E-state index in [4.69, 9.17) is 5.11 Å². The van der Waals surface area contributed by atoms with Gasteiger partial charge in [-0.3, -0.25) is 9.59 Å².